The average molecular weight is 205 g/mol. The van der Waals surface area contributed by atoms with E-state index in [1.165, 1.54) is 32.1 Å². The van der Waals surface area contributed by atoms with Gasteiger partial charge in [0, 0.05) is 13.0 Å². The second-order valence-corrected chi connectivity index (χ2v) is 4.55. The molecule has 0 bridgehead atoms. The summed E-state index contributed by atoms with van der Waals surface area (Å²) in [6.45, 7) is 0.559. The first-order valence-corrected chi connectivity index (χ1v) is 5.95. The number of hydrogen-bond donors (Lipinski definition) is 1. The summed E-state index contributed by atoms with van der Waals surface area (Å²) >= 11 is 0. The molecule has 0 radical (unpaired) electrons. The summed E-state index contributed by atoms with van der Waals surface area (Å²) in [6, 6.07) is 0. The zero-order valence-corrected chi connectivity index (χ0v) is 9.17. The van der Waals surface area contributed by atoms with E-state index in [-0.39, 0.29) is 0 Å². The zero-order chi connectivity index (χ0) is 10.7. The minimum Gasteiger partial charge on any atom is -0.327 e. The van der Waals surface area contributed by atoms with Gasteiger partial charge in [-0.25, -0.2) is 0 Å². The van der Waals surface area contributed by atoms with Crippen molar-refractivity contribution >= 4 is 5.78 Å². The van der Waals surface area contributed by atoms with Crippen molar-refractivity contribution in [2.45, 2.75) is 38.5 Å². The highest BCUT2D eigenvalue weighted by Gasteiger charge is 2.24. The Balaban J connectivity index is 2.14. The maximum absolute atomic E-state index is 11.8. The fraction of sp³-hybridized carbons (Fsp3) is 0.615. The Hall–Kier alpha value is -0.890. The molecule has 2 rings (SSSR count). The van der Waals surface area contributed by atoms with Crippen LogP contribution in [0.3, 0.4) is 0 Å². The van der Waals surface area contributed by atoms with Gasteiger partial charge < -0.3 is 5.73 Å². The quantitative estimate of drug-likeness (QED) is 0.752. The smallest absolute Gasteiger partial charge is 0.162 e. The Kier molecular flexibility index (Phi) is 3.37. The van der Waals surface area contributed by atoms with E-state index in [1.54, 1.807) is 0 Å². The van der Waals surface area contributed by atoms with Gasteiger partial charge in [0.05, 0.1) is 0 Å². The third kappa shape index (κ3) is 2.37. The SMILES string of the molecule is NCC1=CCC(=O)C(C2CCCCC2)=C1. The van der Waals surface area contributed by atoms with Gasteiger partial charge in [0.25, 0.3) is 0 Å². The number of rotatable bonds is 2. The molecular weight excluding hydrogens is 186 g/mol. The molecule has 0 amide bonds. The van der Waals surface area contributed by atoms with Gasteiger partial charge in [-0.05, 0) is 29.9 Å². The summed E-state index contributed by atoms with van der Waals surface area (Å²) in [6.07, 6.45) is 10.8. The summed E-state index contributed by atoms with van der Waals surface area (Å²) in [4.78, 5) is 11.8. The van der Waals surface area contributed by atoms with Crippen molar-refractivity contribution in [3.8, 4) is 0 Å². The first-order valence-electron chi connectivity index (χ1n) is 5.95. The Morgan fingerprint density at radius 3 is 2.67 bits per heavy atom. The highest BCUT2D eigenvalue weighted by Crippen LogP contribution is 2.32. The number of hydrogen-bond acceptors (Lipinski definition) is 2. The monoisotopic (exact) mass is 205 g/mol. The topological polar surface area (TPSA) is 43.1 Å². The van der Waals surface area contributed by atoms with Gasteiger partial charge >= 0.3 is 0 Å². The molecule has 1 saturated carbocycles. The Bertz CT molecular complexity index is 308. The molecule has 0 spiro atoms. The lowest BCUT2D eigenvalue weighted by Gasteiger charge is -2.25. The Morgan fingerprint density at radius 1 is 1.27 bits per heavy atom. The molecular formula is C13H19NO. The van der Waals surface area contributed by atoms with Crippen molar-refractivity contribution in [3.05, 3.63) is 23.3 Å². The van der Waals surface area contributed by atoms with Crippen molar-refractivity contribution in [2.24, 2.45) is 11.7 Å². The van der Waals surface area contributed by atoms with E-state index in [9.17, 15) is 4.79 Å². The van der Waals surface area contributed by atoms with Crippen molar-refractivity contribution in [1.82, 2.24) is 0 Å². The number of carbonyl (C=O) groups is 1. The molecule has 0 aromatic carbocycles. The van der Waals surface area contributed by atoms with E-state index in [0.717, 1.165) is 11.1 Å². The lowest BCUT2D eigenvalue weighted by molar-refractivity contribution is -0.115. The van der Waals surface area contributed by atoms with E-state index < -0.39 is 0 Å². The molecule has 2 aliphatic carbocycles. The van der Waals surface area contributed by atoms with Crippen LogP contribution in [0.25, 0.3) is 0 Å². The third-order valence-corrected chi connectivity index (χ3v) is 3.49. The lowest BCUT2D eigenvalue weighted by Crippen LogP contribution is -2.19. The molecule has 0 aromatic heterocycles. The molecule has 0 unspecified atom stereocenters. The zero-order valence-electron chi connectivity index (χ0n) is 9.17. The van der Waals surface area contributed by atoms with Crippen LogP contribution < -0.4 is 5.73 Å². The van der Waals surface area contributed by atoms with Crippen LogP contribution in [-0.4, -0.2) is 12.3 Å². The minimum atomic E-state index is 0.319. The molecule has 2 aliphatic rings. The van der Waals surface area contributed by atoms with E-state index in [2.05, 4.69) is 0 Å². The van der Waals surface area contributed by atoms with Crippen molar-refractivity contribution in [2.75, 3.05) is 6.54 Å². The molecule has 82 valence electrons. The molecule has 2 nitrogen and oxygen atoms in total. The molecule has 2 N–H and O–H groups in total. The summed E-state index contributed by atoms with van der Waals surface area (Å²) in [5, 5.41) is 0. The van der Waals surface area contributed by atoms with Crippen LogP contribution in [0.4, 0.5) is 0 Å². The lowest BCUT2D eigenvalue weighted by atomic mass is 9.79. The Labute approximate surface area is 91.2 Å². The van der Waals surface area contributed by atoms with Crippen molar-refractivity contribution in [3.63, 3.8) is 0 Å². The first kappa shape index (κ1) is 10.6. The number of ketones is 1. The van der Waals surface area contributed by atoms with Gasteiger partial charge in [0.1, 0.15) is 0 Å². The highest BCUT2D eigenvalue weighted by molar-refractivity contribution is 5.98. The van der Waals surface area contributed by atoms with Gasteiger partial charge in [0.15, 0.2) is 5.78 Å². The van der Waals surface area contributed by atoms with Gasteiger partial charge in [-0.3, -0.25) is 4.79 Å². The number of nitrogens with two attached hydrogens (primary N) is 1. The molecule has 0 heterocycles. The van der Waals surface area contributed by atoms with Crippen LogP contribution in [0.2, 0.25) is 0 Å². The molecule has 0 aromatic rings. The maximum atomic E-state index is 11.8. The predicted octanol–water partition coefficient (Wildman–Crippen LogP) is 2.35. The predicted molar refractivity (Wildman–Crippen MR) is 61.4 cm³/mol. The van der Waals surface area contributed by atoms with Crippen LogP contribution in [0.5, 0.6) is 0 Å². The fourth-order valence-corrected chi connectivity index (χ4v) is 2.58. The normalized spacial score (nSPS) is 23.7. The Morgan fingerprint density at radius 2 is 2.00 bits per heavy atom. The summed E-state index contributed by atoms with van der Waals surface area (Å²) in [7, 11) is 0. The number of Topliss-reactive ketones (excluding diaryl/α,β-unsaturated/α-hetero) is 1. The average Bonchev–Trinajstić information content (AvgIpc) is 2.31. The molecule has 15 heavy (non-hydrogen) atoms. The van der Waals surface area contributed by atoms with Crippen LogP contribution in [0, 0.1) is 5.92 Å². The van der Waals surface area contributed by atoms with Gasteiger partial charge in [0.2, 0.25) is 0 Å². The number of allylic oxidation sites excluding steroid dienone is 2. The highest BCUT2D eigenvalue weighted by atomic mass is 16.1. The number of carbonyl (C=O) groups excluding carboxylic acids is 1. The van der Waals surface area contributed by atoms with E-state index in [4.69, 9.17) is 5.73 Å². The van der Waals surface area contributed by atoms with E-state index >= 15 is 0 Å². The third-order valence-electron chi connectivity index (χ3n) is 3.49. The van der Waals surface area contributed by atoms with Crippen LogP contribution in [-0.2, 0) is 4.79 Å². The van der Waals surface area contributed by atoms with Crippen molar-refractivity contribution < 1.29 is 4.79 Å². The molecule has 2 heteroatoms. The first-order chi connectivity index (χ1) is 7.31. The van der Waals surface area contributed by atoms with Gasteiger partial charge in [-0.1, -0.05) is 31.4 Å². The van der Waals surface area contributed by atoms with E-state index in [1.807, 2.05) is 12.2 Å². The van der Waals surface area contributed by atoms with Crippen LogP contribution in [0.15, 0.2) is 23.3 Å². The molecule has 0 aliphatic heterocycles. The minimum absolute atomic E-state index is 0.319. The largest absolute Gasteiger partial charge is 0.327 e. The molecule has 1 fully saturated rings. The summed E-state index contributed by atoms with van der Waals surface area (Å²) in [5.41, 5.74) is 7.80. The van der Waals surface area contributed by atoms with Crippen LogP contribution >= 0.6 is 0 Å². The standard InChI is InChI=1S/C13H19NO/c14-9-10-6-7-13(15)12(8-10)11-4-2-1-3-5-11/h6,8,11H,1-5,7,9,14H2. The molecule has 0 saturated heterocycles. The van der Waals surface area contributed by atoms with Crippen LogP contribution in [0.1, 0.15) is 38.5 Å². The van der Waals surface area contributed by atoms with Gasteiger partial charge in [-0.15, -0.1) is 0 Å². The maximum Gasteiger partial charge on any atom is 0.162 e. The van der Waals surface area contributed by atoms with E-state index in [0.29, 0.717) is 24.7 Å². The van der Waals surface area contributed by atoms with Crippen molar-refractivity contribution in [1.29, 1.82) is 0 Å². The summed E-state index contributed by atoms with van der Waals surface area (Å²) < 4.78 is 0. The summed E-state index contributed by atoms with van der Waals surface area (Å²) in [5.74, 6) is 0.834. The van der Waals surface area contributed by atoms with Gasteiger partial charge in [-0.2, -0.15) is 0 Å². The molecule has 0 atom stereocenters. The second-order valence-electron chi connectivity index (χ2n) is 4.55. The fourth-order valence-electron chi connectivity index (χ4n) is 2.58. The second kappa shape index (κ2) is 4.75.